The van der Waals surface area contributed by atoms with Crippen molar-refractivity contribution in [1.29, 1.82) is 0 Å². The number of benzene rings is 2. The van der Waals surface area contributed by atoms with Crippen LogP contribution in [0.1, 0.15) is 42.6 Å². The number of halogens is 5. The molecule has 7 nitrogen and oxygen atoms in total. The van der Waals surface area contributed by atoms with Crippen molar-refractivity contribution >= 4 is 17.7 Å². The second kappa shape index (κ2) is 13.2. The maximum atomic E-state index is 14.8. The summed E-state index contributed by atoms with van der Waals surface area (Å²) in [6, 6.07) is 8.22. The number of nitrogens with zero attached hydrogens (tertiary/aromatic N) is 1. The number of pyridine rings is 1. The summed E-state index contributed by atoms with van der Waals surface area (Å²) >= 11 is 0. The Morgan fingerprint density at radius 3 is 2.20 bits per heavy atom. The Bertz CT molecular complexity index is 1290. The highest BCUT2D eigenvalue weighted by Gasteiger charge is 2.30. The van der Waals surface area contributed by atoms with Crippen LogP contribution in [-0.4, -0.2) is 41.2 Å². The van der Waals surface area contributed by atoms with Gasteiger partial charge in [-0.2, -0.15) is 13.2 Å². The number of anilines is 1. The average molecular weight is 566 g/mol. The molecule has 3 N–H and O–H groups in total. The molecule has 0 aliphatic heterocycles. The van der Waals surface area contributed by atoms with Gasteiger partial charge < -0.3 is 20.5 Å². The van der Waals surface area contributed by atoms with E-state index in [1.807, 2.05) is 13.8 Å². The first-order chi connectivity index (χ1) is 18.8. The Hall–Kier alpha value is -4.22. The van der Waals surface area contributed by atoms with E-state index < -0.39 is 40.8 Å². The summed E-state index contributed by atoms with van der Waals surface area (Å²) in [7, 11) is 0. The van der Waals surface area contributed by atoms with Crippen LogP contribution in [-0.2, 0) is 11.0 Å². The van der Waals surface area contributed by atoms with Gasteiger partial charge in [-0.3, -0.25) is 9.59 Å². The molecule has 1 heterocycles. The molecule has 0 spiro atoms. The Morgan fingerprint density at radius 1 is 1.02 bits per heavy atom. The molecule has 0 aliphatic carbocycles. The van der Waals surface area contributed by atoms with E-state index in [-0.39, 0.29) is 48.4 Å². The van der Waals surface area contributed by atoms with Gasteiger partial charge in [0.05, 0.1) is 29.2 Å². The number of aliphatic carboxylic acids is 1. The van der Waals surface area contributed by atoms with Crippen LogP contribution in [0.25, 0.3) is 11.1 Å². The number of rotatable bonds is 12. The molecule has 1 atom stereocenters. The molecule has 0 saturated carbocycles. The molecule has 2 aromatic carbocycles. The van der Waals surface area contributed by atoms with Crippen molar-refractivity contribution in [1.82, 2.24) is 10.3 Å². The number of carbonyl (C=O) groups is 2. The topological polar surface area (TPSA) is 101 Å². The van der Waals surface area contributed by atoms with Crippen LogP contribution in [0.4, 0.5) is 27.8 Å². The van der Waals surface area contributed by atoms with Crippen molar-refractivity contribution in [3.63, 3.8) is 0 Å². The van der Waals surface area contributed by atoms with Crippen LogP contribution in [0.3, 0.4) is 0 Å². The van der Waals surface area contributed by atoms with Gasteiger partial charge in [0.1, 0.15) is 29.8 Å². The molecular weight excluding hydrogens is 537 g/mol. The lowest BCUT2D eigenvalue weighted by Crippen LogP contribution is -2.29. The zero-order valence-corrected chi connectivity index (χ0v) is 21.7. The largest absolute Gasteiger partial charge is 0.491 e. The fraction of sp³-hybridized carbons (Fsp3) is 0.321. The SMILES string of the molecule is CC(C)C[C@@H](COc1cc(F)c(-c2ccc(C(F)(F)F)cc2)c(F)c1)Nc1ccc(C(=O)NCCC(=O)O)cn1. The molecule has 3 rings (SSSR count). The number of hydrogen-bond donors (Lipinski definition) is 3. The van der Waals surface area contributed by atoms with Gasteiger partial charge in [-0.05, 0) is 42.2 Å². The predicted octanol–water partition coefficient (Wildman–Crippen LogP) is 6.16. The Morgan fingerprint density at radius 2 is 1.68 bits per heavy atom. The number of aromatic nitrogens is 1. The summed E-state index contributed by atoms with van der Waals surface area (Å²) in [6.07, 6.45) is -2.84. The first-order valence-corrected chi connectivity index (χ1v) is 12.4. The lowest BCUT2D eigenvalue weighted by Gasteiger charge is -2.22. The number of alkyl halides is 3. The second-order valence-electron chi connectivity index (χ2n) is 9.45. The molecule has 0 bridgehead atoms. The smallest absolute Gasteiger partial charge is 0.416 e. The first kappa shape index (κ1) is 30.3. The number of carboxylic acid groups (broad SMARTS) is 1. The van der Waals surface area contributed by atoms with Gasteiger partial charge in [0, 0.05) is 24.9 Å². The third-order valence-corrected chi connectivity index (χ3v) is 5.73. The maximum absolute atomic E-state index is 14.8. The van der Waals surface area contributed by atoms with Crippen molar-refractivity contribution < 1.29 is 41.4 Å². The normalized spacial score (nSPS) is 12.2. The van der Waals surface area contributed by atoms with E-state index in [0.717, 1.165) is 36.4 Å². The van der Waals surface area contributed by atoms with Crippen molar-refractivity contribution in [2.75, 3.05) is 18.5 Å². The molecule has 0 aliphatic rings. The summed E-state index contributed by atoms with van der Waals surface area (Å²) in [5.41, 5.74) is -1.19. The van der Waals surface area contributed by atoms with Gasteiger partial charge in [0.2, 0.25) is 0 Å². The Kier molecular flexibility index (Phi) is 10.0. The van der Waals surface area contributed by atoms with E-state index in [9.17, 15) is 31.5 Å². The molecule has 40 heavy (non-hydrogen) atoms. The minimum absolute atomic E-state index is 0.00971. The molecule has 214 valence electrons. The quantitative estimate of drug-likeness (QED) is 0.228. The highest BCUT2D eigenvalue weighted by Crippen LogP contribution is 2.34. The van der Waals surface area contributed by atoms with E-state index in [2.05, 4.69) is 15.6 Å². The minimum atomic E-state index is -4.57. The summed E-state index contributed by atoms with van der Waals surface area (Å²) in [6.45, 7) is 3.94. The van der Waals surface area contributed by atoms with Gasteiger partial charge in [-0.1, -0.05) is 26.0 Å². The standard InChI is InChI=1S/C28H28F5N3O4/c1-16(2)11-20(36-24-8-5-18(14-35-24)27(39)34-10-9-25(37)38)15-40-21-12-22(29)26(23(30)13-21)17-3-6-19(7-4-17)28(31,32)33/h3-8,12-14,16,20H,9-11,15H2,1-2H3,(H,34,39)(H,35,36)(H,37,38)/t20-/m0/s1. The lowest BCUT2D eigenvalue weighted by molar-refractivity contribution is -0.138. The molecule has 3 aromatic rings. The van der Waals surface area contributed by atoms with Crippen molar-refractivity contribution in [2.45, 2.75) is 38.9 Å². The zero-order valence-electron chi connectivity index (χ0n) is 21.7. The molecule has 1 amide bonds. The predicted molar refractivity (Wildman–Crippen MR) is 138 cm³/mol. The van der Waals surface area contributed by atoms with Crippen LogP contribution in [0, 0.1) is 17.6 Å². The third-order valence-electron chi connectivity index (χ3n) is 5.73. The molecule has 1 aromatic heterocycles. The van der Waals surface area contributed by atoms with E-state index in [4.69, 9.17) is 9.84 Å². The fourth-order valence-electron chi connectivity index (χ4n) is 3.88. The third kappa shape index (κ3) is 8.65. The van der Waals surface area contributed by atoms with Crippen LogP contribution < -0.4 is 15.4 Å². The van der Waals surface area contributed by atoms with Gasteiger partial charge in [0.15, 0.2) is 0 Å². The Balaban J connectivity index is 1.66. The molecule has 12 heteroatoms. The molecule has 0 radical (unpaired) electrons. The van der Waals surface area contributed by atoms with Gasteiger partial charge in [-0.15, -0.1) is 0 Å². The summed E-state index contributed by atoms with van der Waals surface area (Å²) < 4.78 is 73.7. The zero-order chi connectivity index (χ0) is 29.4. The van der Waals surface area contributed by atoms with E-state index in [1.54, 1.807) is 6.07 Å². The number of hydrogen-bond acceptors (Lipinski definition) is 5. The molecule has 0 fully saturated rings. The minimum Gasteiger partial charge on any atom is -0.491 e. The highest BCUT2D eigenvalue weighted by molar-refractivity contribution is 5.94. The average Bonchev–Trinajstić information content (AvgIpc) is 2.86. The summed E-state index contributed by atoms with van der Waals surface area (Å²) in [4.78, 5) is 26.9. The van der Waals surface area contributed by atoms with E-state index >= 15 is 0 Å². The van der Waals surface area contributed by atoms with Crippen LogP contribution >= 0.6 is 0 Å². The van der Waals surface area contributed by atoms with Crippen LogP contribution in [0.2, 0.25) is 0 Å². The van der Waals surface area contributed by atoms with Crippen LogP contribution in [0.15, 0.2) is 54.7 Å². The molecule has 0 unspecified atom stereocenters. The number of carbonyl (C=O) groups excluding carboxylic acids is 1. The maximum Gasteiger partial charge on any atom is 0.416 e. The van der Waals surface area contributed by atoms with Gasteiger partial charge in [-0.25, -0.2) is 13.8 Å². The lowest BCUT2D eigenvalue weighted by atomic mass is 10.0. The van der Waals surface area contributed by atoms with Crippen LogP contribution in [0.5, 0.6) is 5.75 Å². The summed E-state index contributed by atoms with van der Waals surface area (Å²) in [5, 5.41) is 14.3. The van der Waals surface area contributed by atoms with E-state index in [0.29, 0.717) is 12.2 Å². The summed E-state index contributed by atoms with van der Waals surface area (Å²) in [5.74, 6) is -2.92. The van der Waals surface area contributed by atoms with Gasteiger partial charge >= 0.3 is 12.1 Å². The highest BCUT2D eigenvalue weighted by atomic mass is 19.4. The number of carboxylic acids is 1. The van der Waals surface area contributed by atoms with Crippen molar-refractivity contribution in [3.8, 4) is 16.9 Å². The van der Waals surface area contributed by atoms with Gasteiger partial charge in [0.25, 0.3) is 5.91 Å². The second-order valence-corrected chi connectivity index (χ2v) is 9.45. The van der Waals surface area contributed by atoms with Crippen molar-refractivity contribution in [3.05, 3.63) is 77.5 Å². The Labute approximate surface area is 227 Å². The molecular formula is C28H28F5N3O4. The fourth-order valence-corrected chi connectivity index (χ4v) is 3.88. The number of ether oxygens (including phenoxy) is 1. The van der Waals surface area contributed by atoms with E-state index in [1.165, 1.54) is 12.3 Å². The van der Waals surface area contributed by atoms with Crippen molar-refractivity contribution in [2.24, 2.45) is 5.92 Å². The number of nitrogens with one attached hydrogen (secondary N) is 2. The monoisotopic (exact) mass is 565 g/mol. The molecule has 0 saturated heterocycles. The first-order valence-electron chi connectivity index (χ1n) is 12.4. The number of amides is 1.